The molecule has 2 rings (SSSR count). The third-order valence-corrected chi connectivity index (χ3v) is 4.74. The van der Waals surface area contributed by atoms with Crippen LogP contribution in [0, 0.1) is 13.8 Å². The van der Waals surface area contributed by atoms with E-state index in [1.54, 1.807) is 18.9 Å². The lowest BCUT2D eigenvalue weighted by Gasteiger charge is -2.28. The maximum Gasteiger partial charge on any atom is 0.242 e. The number of nitrogens with one attached hydrogen (secondary N) is 1. The first-order chi connectivity index (χ1) is 12.4. The van der Waals surface area contributed by atoms with Crippen LogP contribution in [0.15, 0.2) is 48.5 Å². The van der Waals surface area contributed by atoms with Gasteiger partial charge in [-0.15, -0.1) is 0 Å². The minimum atomic E-state index is -0.499. The number of amides is 2. The average molecular weight is 352 g/mol. The van der Waals surface area contributed by atoms with Crippen LogP contribution in [0.3, 0.4) is 0 Å². The topological polar surface area (TPSA) is 49.4 Å². The van der Waals surface area contributed by atoms with Crippen LogP contribution < -0.4 is 5.32 Å². The van der Waals surface area contributed by atoms with Crippen molar-refractivity contribution < 1.29 is 9.59 Å². The molecule has 0 unspecified atom stereocenters. The summed E-state index contributed by atoms with van der Waals surface area (Å²) < 4.78 is 0. The summed E-state index contributed by atoms with van der Waals surface area (Å²) in [7, 11) is 1.60. The summed E-state index contributed by atoms with van der Waals surface area (Å²) in [4.78, 5) is 26.8. The molecule has 26 heavy (non-hydrogen) atoms. The lowest BCUT2D eigenvalue weighted by molar-refractivity contribution is -0.139. The van der Waals surface area contributed by atoms with Crippen LogP contribution in [0.5, 0.6) is 0 Å². The number of hydrogen-bond donors (Lipinski definition) is 1. The number of carbonyl (C=O) groups is 2. The number of benzene rings is 2. The molecule has 0 aliphatic heterocycles. The van der Waals surface area contributed by atoms with Gasteiger partial charge in [-0.05, 0) is 43.9 Å². The largest absolute Gasteiger partial charge is 0.357 e. The summed E-state index contributed by atoms with van der Waals surface area (Å²) >= 11 is 0. The Morgan fingerprint density at radius 1 is 1.08 bits per heavy atom. The molecule has 0 saturated carbocycles. The fourth-order valence-corrected chi connectivity index (χ4v) is 3.03. The standard InChI is InChI=1S/C22H28N2O2/c1-16-10-11-17(2)20(14-16)15-21(25)24(18(3)22(26)23-4)13-12-19-8-6-5-7-9-19/h5-11,14,18H,12-13,15H2,1-4H3,(H,23,26)/t18-/m0/s1. The molecule has 0 heterocycles. The van der Waals surface area contributed by atoms with Gasteiger partial charge >= 0.3 is 0 Å². The monoisotopic (exact) mass is 352 g/mol. The van der Waals surface area contributed by atoms with Gasteiger partial charge < -0.3 is 10.2 Å². The summed E-state index contributed by atoms with van der Waals surface area (Å²) in [6.07, 6.45) is 1.03. The molecule has 0 aromatic heterocycles. The third-order valence-electron chi connectivity index (χ3n) is 4.74. The predicted molar refractivity (Wildman–Crippen MR) is 105 cm³/mol. The second kappa shape index (κ2) is 9.18. The molecule has 0 aliphatic carbocycles. The van der Waals surface area contributed by atoms with E-state index in [4.69, 9.17) is 0 Å². The summed E-state index contributed by atoms with van der Waals surface area (Å²) in [6, 6.07) is 15.7. The Hall–Kier alpha value is -2.62. The second-order valence-electron chi connectivity index (χ2n) is 6.72. The Balaban J connectivity index is 2.17. The molecular formula is C22H28N2O2. The zero-order valence-electron chi connectivity index (χ0n) is 16.1. The Morgan fingerprint density at radius 3 is 2.42 bits per heavy atom. The quantitative estimate of drug-likeness (QED) is 0.833. The first-order valence-electron chi connectivity index (χ1n) is 9.03. The molecule has 0 spiro atoms. The normalized spacial score (nSPS) is 11.7. The van der Waals surface area contributed by atoms with Gasteiger partial charge in [-0.25, -0.2) is 0 Å². The second-order valence-corrected chi connectivity index (χ2v) is 6.72. The van der Waals surface area contributed by atoms with Crippen molar-refractivity contribution in [2.24, 2.45) is 0 Å². The van der Waals surface area contributed by atoms with Gasteiger partial charge in [-0.3, -0.25) is 9.59 Å². The molecule has 4 nitrogen and oxygen atoms in total. The van der Waals surface area contributed by atoms with Gasteiger partial charge in [0.05, 0.1) is 6.42 Å². The maximum atomic E-state index is 13.0. The summed E-state index contributed by atoms with van der Waals surface area (Å²) in [5.41, 5.74) is 4.40. The molecular weight excluding hydrogens is 324 g/mol. The first-order valence-corrected chi connectivity index (χ1v) is 9.03. The Kier molecular flexibility index (Phi) is 6.96. The number of hydrogen-bond acceptors (Lipinski definition) is 2. The third kappa shape index (κ3) is 5.19. The lowest BCUT2D eigenvalue weighted by Crippen LogP contribution is -2.48. The molecule has 0 radical (unpaired) electrons. The lowest BCUT2D eigenvalue weighted by atomic mass is 10.0. The van der Waals surface area contributed by atoms with Gasteiger partial charge in [0.25, 0.3) is 0 Å². The van der Waals surface area contributed by atoms with Crippen LogP contribution in [0.2, 0.25) is 0 Å². The molecule has 0 aliphatic rings. The highest BCUT2D eigenvalue weighted by atomic mass is 16.2. The van der Waals surface area contributed by atoms with Crippen LogP contribution in [0.25, 0.3) is 0 Å². The van der Waals surface area contributed by atoms with Crippen LogP contribution >= 0.6 is 0 Å². The number of likely N-dealkylation sites (N-methyl/N-ethyl adjacent to an activating group) is 1. The summed E-state index contributed by atoms with van der Waals surface area (Å²) in [5, 5.41) is 2.65. The Morgan fingerprint density at radius 2 is 1.77 bits per heavy atom. The molecule has 0 fully saturated rings. The van der Waals surface area contributed by atoms with Crippen molar-refractivity contribution in [3.05, 3.63) is 70.8 Å². The number of aryl methyl sites for hydroxylation is 2. The van der Waals surface area contributed by atoms with Gasteiger partial charge in [0.1, 0.15) is 6.04 Å². The van der Waals surface area contributed by atoms with E-state index in [2.05, 4.69) is 5.32 Å². The zero-order chi connectivity index (χ0) is 19.1. The minimum absolute atomic E-state index is 0.0225. The van der Waals surface area contributed by atoms with Crippen molar-refractivity contribution in [1.29, 1.82) is 0 Å². The molecule has 2 aromatic carbocycles. The molecule has 0 saturated heterocycles. The van der Waals surface area contributed by atoms with E-state index < -0.39 is 6.04 Å². The fourth-order valence-electron chi connectivity index (χ4n) is 3.03. The highest BCUT2D eigenvalue weighted by Gasteiger charge is 2.25. The van der Waals surface area contributed by atoms with Gasteiger partial charge in [0.15, 0.2) is 0 Å². The molecule has 1 atom stereocenters. The maximum absolute atomic E-state index is 13.0. The van der Waals surface area contributed by atoms with E-state index in [1.165, 1.54) is 0 Å². The molecule has 138 valence electrons. The molecule has 4 heteroatoms. The summed E-state index contributed by atoms with van der Waals surface area (Å²) in [6.45, 7) is 6.33. The molecule has 2 amide bonds. The van der Waals surface area contributed by atoms with Crippen molar-refractivity contribution in [2.45, 2.75) is 39.7 Å². The van der Waals surface area contributed by atoms with Gasteiger partial charge in [0.2, 0.25) is 11.8 Å². The van der Waals surface area contributed by atoms with E-state index in [0.717, 1.165) is 28.7 Å². The van der Waals surface area contributed by atoms with Crippen LogP contribution in [-0.2, 0) is 22.4 Å². The van der Waals surface area contributed by atoms with Crippen molar-refractivity contribution in [2.75, 3.05) is 13.6 Å². The van der Waals surface area contributed by atoms with E-state index in [9.17, 15) is 9.59 Å². The van der Waals surface area contributed by atoms with Crippen LogP contribution in [0.4, 0.5) is 0 Å². The van der Waals surface area contributed by atoms with Crippen LogP contribution in [-0.4, -0.2) is 36.3 Å². The zero-order valence-corrected chi connectivity index (χ0v) is 16.1. The highest BCUT2D eigenvalue weighted by Crippen LogP contribution is 2.14. The summed E-state index contributed by atoms with van der Waals surface area (Å²) in [5.74, 6) is -0.168. The SMILES string of the molecule is CNC(=O)[C@H](C)N(CCc1ccccc1)C(=O)Cc1cc(C)ccc1C. The number of nitrogens with zero attached hydrogens (tertiary/aromatic N) is 1. The molecule has 1 N–H and O–H groups in total. The van der Waals surface area contributed by atoms with Gasteiger partial charge in [-0.2, -0.15) is 0 Å². The number of carbonyl (C=O) groups excluding carboxylic acids is 2. The van der Waals surface area contributed by atoms with Crippen molar-refractivity contribution in [1.82, 2.24) is 10.2 Å². The minimum Gasteiger partial charge on any atom is -0.357 e. The predicted octanol–water partition coefficient (Wildman–Crippen LogP) is 3.05. The van der Waals surface area contributed by atoms with Crippen LogP contribution in [0.1, 0.15) is 29.2 Å². The first kappa shape index (κ1) is 19.7. The smallest absolute Gasteiger partial charge is 0.242 e. The van der Waals surface area contributed by atoms with E-state index >= 15 is 0 Å². The van der Waals surface area contributed by atoms with E-state index in [0.29, 0.717) is 13.0 Å². The van der Waals surface area contributed by atoms with Gasteiger partial charge in [0, 0.05) is 13.6 Å². The van der Waals surface area contributed by atoms with Crippen molar-refractivity contribution >= 4 is 11.8 Å². The van der Waals surface area contributed by atoms with Crippen molar-refractivity contribution in [3.8, 4) is 0 Å². The molecule has 0 bridgehead atoms. The molecule has 2 aromatic rings. The highest BCUT2D eigenvalue weighted by molar-refractivity contribution is 5.88. The van der Waals surface area contributed by atoms with E-state index in [1.807, 2.05) is 62.4 Å². The fraction of sp³-hybridized carbons (Fsp3) is 0.364. The number of rotatable bonds is 7. The Bertz CT molecular complexity index is 756. The average Bonchev–Trinajstić information content (AvgIpc) is 2.64. The van der Waals surface area contributed by atoms with Gasteiger partial charge in [-0.1, -0.05) is 54.1 Å². The van der Waals surface area contributed by atoms with Crippen molar-refractivity contribution in [3.63, 3.8) is 0 Å². The van der Waals surface area contributed by atoms with E-state index in [-0.39, 0.29) is 11.8 Å². The Labute approximate surface area is 156 Å².